The lowest BCUT2D eigenvalue weighted by Gasteiger charge is -2.30. The molecule has 0 aromatic heterocycles. The highest BCUT2D eigenvalue weighted by Crippen LogP contribution is 2.31. The summed E-state index contributed by atoms with van der Waals surface area (Å²) in [7, 11) is 0. The van der Waals surface area contributed by atoms with E-state index in [9.17, 15) is 0 Å². The van der Waals surface area contributed by atoms with Crippen LogP contribution in [0.3, 0.4) is 0 Å². The lowest BCUT2D eigenvalue weighted by Crippen LogP contribution is -2.30. The molecule has 0 atom stereocenters. The number of hydrogen-bond acceptors (Lipinski definition) is 2. The average molecular weight is 182 g/mol. The number of rotatable bonds is 8. The highest BCUT2D eigenvalue weighted by atomic mass is 14.6. The van der Waals surface area contributed by atoms with Gasteiger partial charge in [-0.2, -0.15) is 0 Å². The zero-order valence-corrected chi connectivity index (χ0v) is 8.47. The fourth-order valence-corrected chi connectivity index (χ4v) is 1.65. The summed E-state index contributed by atoms with van der Waals surface area (Å²) >= 11 is 0. The Bertz CT molecular complexity index is 142. The molecule has 4 N–H and O–H groups in total. The second kappa shape index (κ2) is 6.87. The Kier molecular flexibility index (Phi) is 6.55. The standard InChI is InChI=1S/C11H22N2/c1-3-6-11(10-13,7-4-2)8-5-9-12/h3-4H,1-2,5-10,12-13H2. The van der Waals surface area contributed by atoms with Crippen LogP contribution in [0.15, 0.2) is 25.3 Å². The normalized spacial score (nSPS) is 11.2. The zero-order valence-electron chi connectivity index (χ0n) is 8.47. The maximum atomic E-state index is 5.78. The molecule has 0 radical (unpaired) electrons. The van der Waals surface area contributed by atoms with Crippen LogP contribution in [0.5, 0.6) is 0 Å². The van der Waals surface area contributed by atoms with Crippen LogP contribution in [-0.4, -0.2) is 13.1 Å². The van der Waals surface area contributed by atoms with Gasteiger partial charge in [-0.15, -0.1) is 13.2 Å². The van der Waals surface area contributed by atoms with Crippen LogP contribution in [0.25, 0.3) is 0 Å². The summed E-state index contributed by atoms with van der Waals surface area (Å²) < 4.78 is 0. The Morgan fingerprint density at radius 2 is 1.62 bits per heavy atom. The molecule has 0 heterocycles. The zero-order chi connectivity index (χ0) is 10.2. The van der Waals surface area contributed by atoms with E-state index in [2.05, 4.69) is 13.2 Å². The highest BCUT2D eigenvalue weighted by molar-refractivity contribution is 4.92. The van der Waals surface area contributed by atoms with Gasteiger partial charge < -0.3 is 11.5 Å². The molecule has 2 heteroatoms. The van der Waals surface area contributed by atoms with Crippen LogP contribution in [0.2, 0.25) is 0 Å². The topological polar surface area (TPSA) is 52.0 Å². The van der Waals surface area contributed by atoms with Gasteiger partial charge in [0.05, 0.1) is 0 Å². The molecular formula is C11H22N2. The predicted octanol–water partition coefficient (Wildman–Crippen LogP) is 1.82. The molecule has 2 nitrogen and oxygen atoms in total. The first-order chi connectivity index (χ1) is 6.24. The van der Waals surface area contributed by atoms with E-state index in [0.29, 0.717) is 6.54 Å². The molecule has 0 unspecified atom stereocenters. The quantitative estimate of drug-likeness (QED) is 0.563. The fourth-order valence-electron chi connectivity index (χ4n) is 1.65. The first-order valence-corrected chi connectivity index (χ1v) is 4.86. The Morgan fingerprint density at radius 1 is 1.08 bits per heavy atom. The molecule has 0 aromatic rings. The van der Waals surface area contributed by atoms with Crippen LogP contribution in [0, 0.1) is 5.41 Å². The average Bonchev–Trinajstić information content (AvgIpc) is 2.15. The summed E-state index contributed by atoms with van der Waals surface area (Å²) in [6.07, 6.45) is 7.88. The van der Waals surface area contributed by atoms with Gasteiger partial charge in [-0.1, -0.05) is 12.2 Å². The summed E-state index contributed by atoms with van der Waals surface area (Å²) in [6, 6.07) is 0. The van der Waals surface area contributed by atoms with E-state index in [1.165, 1.54) is 0 Å². The van der Waals surface area contributed by atoms with Gasteiger partial charge in [0.15, 0.2) is 0 Å². The highest BCUT2D eigenvalue weighted by Gasteiger charge is 2.24. The Labute approximate surface area is 81.7 Å². The first-order valence-electron chi connectivity index (χ1n) is 4.86. The first kappa shape index (κ1) is 12.4. The van der Waals surface area contributed by atoms with E-state index in [0.717, 1.165) is 32.2 Å². The maximum absolute atomic E-state index is 5.78. The summed E-state index contributed by atoms with van der Waals surface area (Å²) in [5, 5.41) is 0. The summed E-state index contributed by atoms with van der Waals surface area (Å²) in [6.45, 7) is 8.94. The summed E-state index contributed by atoms with van der Waals surface area (Å²) in [5.41, 5.74) is 11.4. The van der Waals surface area contributed by atoms with Crippen molar-refractivity contribution in [2.75, 3.05) is 13.1 Å². The van der Waals surface area contributed by atoms with Crippen molar-refractivity contribution in [3.05, 3.63) is 25.3 Å². The third kappa shape index (κ3) is 4.25. The lowest BCUT2D eigenvalue weighted by atomic mass is 9.77. The molecule has 0 aliphatic heterocycles. The maximum Gasteiger partial charge on any atom is -0.00146 e. The van der Waals surface area contributed by atoms with Crippen molar-refractivity contribution in [2.24, 2.45) is 16.9 Å². The van der Waals surface area contributed by atoms with Crippen LogP contribution in [-0.2, 0) is 0 Å². The molecule has 0 saturated heterocycles. The van der Waals surface area contributed by atoms with Crippen LogP contribution < -0.4 is 11.5 Å². The van der Waals surface area contributed by atoms with Gasteiger partial charge in [0, 0.05) is 0 Å². The van der Waals surface area contributed by atoms with Gasteiger partial charge in [0.1, 0.15) is 0 Å². The Hall–Kier alpha value is -0.600. The van der Waals surface area contributed by atoms with E-state index in [4.69, 9.17) is 11.5 Å². The van der Waals surface area contributed by atoms with Crippen molar-refractivity contribution in [1.29, 1.82) is 0 Å². The summed E-state index contributed by atoms with van der Waals surface area (Å²) in [4.78, 5) is 0. The minimum absolute atomic E-state index is 0.156. The molecule has 0 aliphatic carbocycles. The minimum Gasteiger partial charge on any atom is -0.330 e. The molecule has 0 spiro atoms. The van der Waals surface area contributed by atoms with Crippen molar-refractivity contribution in [3.63, 3.8) is 0 Å². The van der Waals surface area contributed by atoms with Crippen molar-refractivity contribution in [1.82, 2.24) is 0 Å². The molecule has 0 aromatic carbocycles. The molecule has 0 aliphatic rings. The fraction of sp³-hybridized carbons (Fsp3) is 0.636. The summed E-state index contributed by atoms with van der Waals surface area (Å²) in [5.74, 6) is 0. The largest absolute Gasteiger partial charge is 0.330 e. The molecule has 0 amide bonds. The van der Waals surface area contributed by atoms with E-state index in [-0.39, 0.29) is 5.41 Å². The molecule has 76 valence electrons. The van der Waals surface area contributed by atoms with Crippen LogP contribution >= 0.6 is 0 Å². The van der Waals surface area contributed by atoms with E-state index in [1.807, 2.05) is 12.2 Å². The van der Waals surface area contributed by atoms with E-state index in [1.54, 1.807) is 0 Å². The van der Waals surface area contributed by atoms with Crippen molar-refractivity contribution >= 4 is 0 Å². The van der Waals surface area contributed by atoms with Gasteiger partial charge in [-0.3, -0.25) is 0 Å². The molecule has 0 bridgehead atoms. The Balaban J connectivity index is 4.23. The predicted molar refractivity (Wildman–Crippen MR) is 59.4 cm³/mol. The SMILES string of the molecule is C=CCC(CN)(CC=C)CCCN. The molecule has 0 saturated carbocycles. The second-order valence-corrected chi connectivity index (χ2v) is 3.58. The number of nitrogens with two attached hydrogens (primary N) is 2. The van der Waals surface area contributed by atoms with Gasteiger partial charge in [0.2, 0.25) is 0 Å². The van der Waals surface area contributed by atoms with Gasteiger partial charge in [-0.25, -0.2) is 0 Å². The lowest BCUT2D eigenvalue weighted by molar-refractivity contribution is 0.274. The van der Waals surface area contributed by atoms with Crippen LogP contribution in [0.4, 0.5) is 0 Å². The van der Waals surface area contributed by atoms with Crippen LogP contribution in [0.1, 0.15) is 25.7 Å². The molecule has 0 rings (SSSR count). The van der Waals surface area contributed by atoms with E-state index >= 15 is 0 Å². The Morgan fingerprint density at radius 3 is 1.92 bits per heavy atom. The van der Waals surface area contributed by atoms with Crippen molar-refractivity contribution in [3.8, 4) is 0 Å². The van der Waals surface area contributed by atoms with Crippen molar-refractivity contribution in [2.45, 2.75) is 25.7 Å². The number of hydrogen-bond donors (Lipinski definition) is 2. The number of allylic oxidation sites excluding steroid dienone is 2. The molecule has 13 heavy (non-hydrogen) atoms. The molecular weight excluding hydrogens is 160 g/mol. The monoisotopic (exact) mass is 182 g/mol. The molecule has 0 fully saturated rings. The van der Waals surface area contributed by atoms with Gasteiger partial charge in [0.25, 0.3) is 0 Å². The van der Waals surface area contributed by atoms with E-state index < -0.39 is 0 Å². The van der Waals surface area contributed by atoms with Gasteiger partial charge in [-0.05, 0) is 44.2 Å². The smallest absolute Gasteiger partial charge is 0.00146 e. The third-order valence-corrected chi connectivity index (χ3v) is 2.50. The van der Waals surface area contributed by atoms with Gasteiger partial charge >= 0.3 is 0 Å². The second-order valence-electron chi connectivity index (χ2n) is 3.58. The minimum atomic E-state index is 0.156. The van der Waals surface area contributed by atoms with Crippen molar-refractivity contribution < 1.29 is 0 Å². The third-order valence-electron chi connectivity index (χ3n) is 2.50.